The van der Waals surface area contributed by atoms with E-state index in [2.05, 4.69) is 25.1 Å². The number of aliphatic hydroxyl groups is 1. The molecule has 172 valence electrons. The molecule has 1 aromatic carbocycles. The van der Waals surface area contributed by atoms with Gasteiger partial charge in [-0.15, -0.1) is 23.4 Å². The van der Waals surface area contributed by atoms with Gasteiger partial charge in [0.15, 0.2) is 0 Å². The van der Waals surface area contributed by atoms with E-state index < -0.39 is 33.5 Å². The molecular weight excluding hydrogens is 477 g/mol. The summed E-state index contributed by atoms with van der Waals surface area (Å²) in [6.07, 6.45) is -4.87. The molecule has 3 aromatic rings. The van der Waals surface area contributed by atoms with E-state index in [-0.39, 0.29) is 28.8 Å². The highest BCUT2D eigenvalue weighted by molar-refractivity contribution is 7.89. The number of halogens is 4. The highest BCUT2D eigenvalue weighted by atomic mass is 35.5. The minimum Gasteiger partial charge on any atom is -0.406 e. The van der Waals surface area contributed by atoms with Gasteiger partial charge in [-0.3, -0.25) is 0 Å². The number of sulfonamides is 1. The van der Waals surface area contributed by atoms with Gasteiger partial charge in [-0.05, 0) is 48.0 Å². The lowest BCUT2D eigenvalue weighted by molar-refractivity contribution is -0.274. The van der Waals surface area contributed by atoms with E-state index in [0.29, 0.717) is 5.56 Å². The van der Waals surface area contributed by atoms with Crippen LogP contribution in [0.2, 0.25) is 5.02 Å². The Kier molecular flexibility index (Phi) is 6.42. The Bertz CT molecular complexity index is 1230. The Morgan fingerprint density at radius 3 is 2.62 bits per heavy atom. The number of nitrogens with two attached hydrogens (primary N) is 1. The smallest absolute Gasteiger partial charge is 0.406 e. The van der Waals surface area contributed by atoms with Crippen molar-refractivity contribution >= 4 is 21.6 Å². The topological polar surface area (TPSA) is 146 Å². The molecule has 15 heteroatoms. The van der Waals surface area contributed by atoms with E-state index in [1.54, 1.807) is 0 Å². The Balaban J connectivity index is 1.83. The van der Waals surface area contributed by atoms with Crippen molar-refractivity contribution in [3.63, 3.8) is 0 Å². The summed E-state index contributed by atoms with van der Waals surface area (Å²) in [4.78, 5) is 5.27. The minimum absolute atomic E-state index is 0.0177. The molecule has 0 bridgehead atoms. The lowest BCUT2D eigenvalue weighted by Gasteiger charge is -2.21. The van der Waals surface area contributed by atoms with E-state index in [1.807, 2.05) is 0 Å². The molecule has 3 N–H and O–H groups in total. The molecular formula is C17H16ClF3N6O4S. The van der Waals surface area contributed by atoms with Crippen LogP contribution in [0.5, 0.6) is 5.75 Å². The van der Waals surface area contributed by atoms with Crippen LogP contribution < -0.4 is 9.88 Å². The van der Waals surface area contributed by atoms with Crippen molar-refractivity contribution in [1.82, 2.24) is 25.2 Å². The predicted molar refractivity (Wildman–Crippen MR) is 106 cm³/mol. The maximum atomic E-state index is 12.5. The Hall–Kier alpha value is -2.81. The number of hydrogen-bond donors (Lipinski definition) is 2. The van der Waals surface area contributed by atoms with Crippen molar-refractivity contribution < 1.29 is 31.4 Å². The second-order valence-electron chi connectivity index (χ2n) is 6.98. The van der Waals surface area contributed by atoms with Gasteiger partial charge < -0.3 is 9.84 Å². The van der Waals surface area contributed by atoms with Gasteiger partial charge in [0, 0.05) is 5.02 Å². The van der Waals surface area contributed by atoms with Crippen molar-refractivity contribution in [2.45, 2.75) is 25.4 Å². The molecule has 0 aliphatic rings. The number of tetrazole rings is 1. The van der Waals surface area contributed by atoms with Gasteiger partial charge in [-0.25, -0.2) is 18.5 Å². The second-order valence-corrected chi connectivity index (χ2v) is 9.03. The zero-order valence-corrected chi connectivity index (χ0v) is 17.9. The second kappa shape index (κ2) is 8.61. The number of ether oxygens (including phenoxy) is 1. The lowest BCUT2D eigenvalue weighted by Crippen LogP contribution is -2.35. The monoisotopic (exact) mass is 492 g/mol. The third-order valence-corrected chi connectivity index (χ3v) is 5.14. The van der Waals surface area contributed by atoms with E-state index in [9.17, 15) is 26.7 Å². The largest absolute Gasteiger partial charge is 0.573 e. The zero-order valence-electron chi connectivity index (χ0n) is 16.3. The highest BCUT2D eigenvalue weighted by Gasteiger charge is 2.32. The molecule has 10 nitrogen and oxygen atoms in total. The molecule has 1 atom stereocenters. The summed E-state index contributed by atoms with van der Waals surface area (Å²) >= 11 is 5.85. The average molecular weight is 493 g/mol. The first-order chi connectivity index (χ1) is 14.7. The summed E-state index contributed by atoms with van der Waals surface area (Å²) in [5.41, 5.74) is -1.35. The third-order valence-electron chi connectivity index (χ3n) is 3.95. The molecule has 0 saturated carbocycles. The average Bonchev–Trinajstić information content (AvgIpc) is 3.06. The molecule has 0 unspecified atom stereocenters. The van der Waals surface area contributed by atoms with Crippen LogP contribution in [0.1, 0.15) is 18.2 Å². The maximum absolute atomic E-state index is 12.5. The fourth-order valence-corrected chi connectivity index (χ4v) is 3.98. The van der Waals surface area contributed by atoms with Crippen LogP contribution in [0.3, 0.4) is 0 Å². The molecule has 0 radical (unpaired) electrons. The standard InChI is InChI=1S/C17H16ClF3N6O4S/c1-16(28,9-32(22,29)30)14-4-2-3-13(23-14)15-24-26-27(25-15)8-10-5-11(18)7-12(6-10)31-17(19,20)21/h2-7,28H,8-9H2,1H3,(H2,22,29,30)/t16-/m0/s1. The molecule has 0 saturated heterocycles. The molecule has 0 spiro atoms. The van der Waals surface area contributed by atoms with Crippen LogP contribution in [0.25, 0.3) is 11.5 Å². The molecule has 2 aromatic heterocycles. The van der Waals surface area contributed by atoms with Crippen molar-refractivity contribution in [1.29, 1.82) is 0 Å². The molecule has 2 heterocycles. The Morgan fingerprint density at radius 1 is 1.25 bits per heavy atom. The van der Waals surface area contributed by atoms with Crippen molar-refractivity contribution in [2.75, 3.05) is 5.75 Å². The van der Waals surface area contributed by atoms with Crippen LogP contribution in [-0.4, -0.2) is 50.8 Å². The predicted octanol–water partition coefficient (Wildman–Crippen LogP) is 1.83. The highest BCUT2D eigenvalue weighted by Crippen LogP contribution is 2.27. The van der Waals surface area contributed by atoms with Crippen LogP contribution in [0.15, 0.2) is 36.4 Å². The number of rotatable bonds is 7. The quantitative estimate of drug-likeness (QED) is 0.508. The number of aromatic nitrogens is 5. The fourth-order valence-electron chi connectivity index (χ4n) is 2.81. The van der Waals surface area contributed by atoms with Gasteiger partial charge in [0.25, 0.3) is 0 Å². The Morgan fingerprint density at radius 2 is 1.97 bits per heavy atom. The molecule has 32 heavy (non-hydrogen) atoms. The van der Waals surface area contributed by atoms with Gasteiger partial charge in [-0.1, -0.05) is 17.7 Å². The third kappa shape index (κ3) is 6.59. The number of hydrogen-bond acceptors (Lipinski definition) is 8. The van der Waals surface area contributed by atoms with E-state index >= 15 is 0 Å². The van der Waals surface area contributed by atoms with E-state index in [0.717, 1.165) is 16.9 Å². The van der Waals surface area contributed by atoms with Crippen molar-refractivity contribution in [2.24, 2.45) is 5.14 Å². The van der Waals surface area contributed by atoms with Gasteiger partial charge in [0.1, 0.15) is 17.0 Å². The summed E-state index contributed by atoms with van der Waals surface area (Å²) in [6, 6.07) is 7.98. The minimum atomic E-state index is -4.87. The molecule has 0 aliphatic carbocycles. The zero-order chi connectivity index (χ0) is 23.7. The van der Waals surface area contributed by atoms with Crippen LogP contribution in [0, 0.1) is 0 Å². The van der Waals surface area contributed by atoms with Gasteiger partial charge >= 0.3 is 6.36 Å². The molecule has 3 rings (SSSR count). The summed E-state index contributed by atoms with van der Waals surface area (Å²) < 4.78 is 64.0. The van der Waals surface area contributed by atoms with Gasteiger partial charge in [0.2, 0.25) is 15.8 Å². The number of alkyl halides is 3. The van der Waals surface area contributed by atoms with Gasteiger partial charge in [0.05, 0.1) is 18.0 Å². The number of primary sulfonamides is 1. The van der Waals surface area contributed by atoms with Gasteiger partial charge in [-0.2, -0.15) is 4.80 Å². The maximum Gasteiger partial charge on any atom is 0.573 e. The van der Waals surface area contributed by atoms with E-state index in [4.69, 9.17) is 16.7 Å². The number of pyridine rings is 1. The van der Waals surface area contributed by atoms with Crippen LogP contribution in [0.4, 0.5) is 13.2 Å². The summed E-state index contributed by atoms with van der Waals surface area (Å²) in [5, 5.41) is 27.2. The summed E-state index contributed by atoms with van der Waals surface area (Å²) in [7, 11) is -3.99. The van der Waals surface area contributed by atoms with Crippen molar-refractivity contribution in [3.8, 4) is 17.3 Å². The van der Waals surface area contributed by atoms with Crippen LogP contribution >= 0.6 is 11.6 Å². The van der Waals surface area contributed by atoms with Crippen molar-refractivity contribution in [3.05, 3.63) is 52.7 Å². The summed E-state index contributed by atoms with van der Waals surface area (Å²) in [6.45, 7) is 1.16. The summed E-state index contributed by atoms with van der Waals surface area (Å²) in [5.74, 6) is -1.22. The van der Waals surface area contributed by atoms with Crippen LogP contribution in [-0.2, 0) is 22.2 Å². The molecule has 0 aliphatic heterocycles. The Labute approximate surface area is 184 Å². The lowest BCUT2D eigenvalue weighted by atomic mass is 10.0. The SMILES string of the molecule is C[C@](O)(CS(N)(=O)=O)c1cccc(-c2nnn(Cc3cc(Cl)cc(OC(F)(F)F)c3)n2)n1. The van der Waals surface area contributed by atoms with E-state index in [1.165, 1.54) is 31.2 Å². The fraction of sp³-hybridized carbons (Fsp3) is 0.294. The normalized spacial score (nSPS) is 14.2. The molecule has 0 amide bonds. The molecule has 0 fully saturated rings. The number of nitrogens with zero attached hydrogens (tertiary/aromatic N) is 5. The number of benzene rings is 1. The first-order valence-electron chi connectivity index (χ1n) is 8.74. The first-order valence-corrected chi connectivity index (χ1v) is 10.8. The first kappa shape index (κ1) is 23.8.